The Kier molecular flexibility index (Phi) is 57.4. The number of aldehydes is 2. The zero-order valence-electron chi connectivity index (χ0n) is 2.79. The quantitative estimate of drug-likeness (QED) is 0.377. The van der Waals surface area contributed by atoms with Crippen LogP contribution in [-0.4, -0.2) is 12.6 Å². The molecule has 0 radical (unpaired) electrons. The molecule has 2 nitrogen and oxygen atoms in total. The fraction of sp³-hybridized carbons (Fsp3) is 0. The van der Waals surface area contributed by atoms with E-state index >= 15 is 0 Å². The number of rotatable bonds is 1. The summed E-state index contributed by atoms with van der Waals surface area (Å²) in [6.07, 6.45) is 0.389. The van der Waals surface area contributed by atoms with E-state index < -0.39 is 0 Å². The monoisotopic (exact) mass is 130 g/mol. The minimum atomic E-state index is 0. The van der Waals surface area contributed by atoms with E-state index in [2.05, 4.69) is 0 Å². The highest BCUT2D eigenvalue weighted by Crippen LogP contribution is 1.12. The SMILES string of the molecule is Cl.Cl.O=CC=O. The van der Waals surface area contributed by atoms with Gasteiger partial charge < -0.3 is 0 Å². The molecule has 0 saturated carbocycles. The summed E-state index contributed by atoms with van der Waals surface area (Å²) in [7, 11) is 0. The van der Waals surface area contributed by atoms with E-state index in [1.807, 2.05) is 0 Å². The van der Waals surface area contributed by atoms with Crippen molar-refractivity contribution in [2.24, 2.45) is 0 Å². The lowest BCUT2D eigenvalue weighted by Gasteiger charge is -1.31. The minimum Gasteiger partial charge on any atom is -0.295 e. The van der Waals surface area contributed by atoms with Gasteiger partial charge in [-0.15, -0.1) is 24.8 Å². The van der Waals surface area contributed by atoms with E-state index in [1.165, 1.54) is 0 Å². The van der Waals surface area contributed by atoms with E-state index in [-0.39, 0.29) is 37.4 Å². The second-order valence-electron chi connectivity index (χ2n) is 0.272. The number of carbonyl (C=O) groups is 2. The molecule has 0 unspecified atom stereocenters. The molecule has 0 aliphatic heterocycles. The van der Waals surface area contributed by atoms with Crippen LogP contribution >= 0.6 is 24.8 Å². The third kappa shape index (κ3) is 39.5. The van der Waals surface area contributed by atoms with Crippen molar-refractivity contribution in [2.75, 3.05) is 0 Å². The van der Waals surface area contributed by atoms with Crippen molar-refractivity contribution in [3.05, 3.63) is 0 Å². The molecule has 0 fully saturated rings. The zero-order valence-corrected chi connectivity index (χ0v) is 4.42. The number of carbonyl (C=O) groups excluding carboxylic acids is 2. The minimum absolute atomic E-state index is 0. The molecule has 0 amide bonds. The van der Waals surface area contributed by atoms with E-state index in [9.17, 15) is 0 Å². The van der Waals surface area contributed by atoms with Crippen LogP contribution in [0, 0.1) is 0 Å². The second-order valence-corrected chi connectivity index (χ2v) is 0.272. The Morgan fingerprint density at radius 2 is 1.00 bits per heavy atom. The molecule has 0 spiro atoms. The van der Waals surface area contributed by atoms with Gasteiger partial charge in [-0.05, 0) is 0 Å². The second kappa shape index (κ2) is 20.5. The lowest BCUT2D eigenvalue weighted by Crippen LogP contribution is -1.62. The first kappa shape index (κ1) is 16.8. The Hall–Kier alpha value is -0.0800. The van der Waals surface area contributed by atoms with Crippen LogP contribution in [0.4, 0.5) is 0 Å². The van der Waals surface area contributed by atoms with Gasteiger partial charge in [0.1, 0.15) is 0 Å². The van der Waals surface area contributed by atoms with Crippen molar-refractivity contribution >= 4 is 37.4 Å². The van der Waals surface area contributed by atoms with Gasteiger partial charge in [-0.3, -0.25) is 9.59 Å². The molecule has 0 aliphatic carbocycles. The number of halogens is 2. The first-order valence-corrected chi connectivity index (χ1v) is 0.805. The van der Waals surface area contributed by atoms with Crippen LogP contribution < -0.4 is 0 Å². The molecule has 0 aliphatic rings. The fourth-order valence-electron chi connectivity index (χ4n) is 0. The molecule has 0 heterocycles. The predicted octanol–water partition coefficient (Wildman–Crippen LogP) is 0.228. The summed E-state index contributed by atoms with van der Waals surface area (Å²) in [6, 6.07) is 0. The van der Waals surface area contributed by atoms with Crippen molar-refractivity contribution in [3.8, 4) is 0 Å². The average Bonchev–Trinajstić information content (AvgIpc) is 1.37. The molecule has 6 heavy (non-hydrogen) atoms. The normalized spacial score (nSPS) is 3.33. The maximum Gasteiger partial charge on any atom is 0.182 e. The van der Waals surface area contributed by atoms with Gasteiger partial charge in [0.2, 0.25) is 0 Å². The van der Waals surface area contributed by atoms with Crippen LogP contribution in [0.25, 0.3) is 0 Å². The van der Waals surface area contributed by atoms with Gasteiger partial charge in [0.25, 0.3) is 0 Å². The molecule has 38 valence electrons. The summed E-state index contributed by atoms with van der Waals surface area (Å²) in [5, 5.41) is 0. The van der Waals surface area contributed by atoms with Gasteiger partial charge in [-0.2, -0.15) is 0 Å². The van der Waals surface area contributed by atoms with Crippen LogP contribution in [0.15, 0.2) is 0 Å². The highest BCUT2D eigenvalue weighted by molar-refractivity contribution is 6.09. The topological polar surface area (TPSA) is 34.1 Å². The van der Waals surface area contributed by atoms with Gasteiger partial charge in [0.05, 0.1) is 0 Å². The highest BCUT2D eigenvalue weighted by atomic mass is 35.5. The Balaban J connectivity index is -0.0000000450. The molecule has 0 aromatic heterocycles. The van der Waals surface area contributed by atoms with Gasteiger partial charge in [-0.25, -0.2) is 0 Å². The summed E-state index contributed by atoms with van der Waals surface area (Å²) in [6.45, 7) is 0. The largest absolute Gasteiger partial charge is 0.295 e. The lowest BCUT2D eigenvalue weighted by molar-refractivity contribution is -0.122. The zero-order chi connectivity index (χ0) is 3.41. The van der Waals surface area contributed by atoms with Gasteiger partial charge in [0.15, 0.2) is 12.6 Å². The molecule has 0 atom stereocenters. The molecule has 0 aromatic rings. The standard InChI is InChI=1S/C2H2O2.2ClH/c3-1-2-4;;/h1-2H;2*1H. The molecular formula is C2H4Cl2O2. The summed E-state index contributed by atoms with van der Waals surface area (Å²) in [5.41, 5.74) is 0. The summed E-state index contributed by atoms with van der Waals surface area (Å²) >= 11 is 0. The maximum absolute atomic E-state index is 8.81. The Morgan fingerprint density at radius 3 is 1.00 bits per heavy atom. The summed E-state index contributed by atoms with van der Waals surface area (Å²) in [5.74, 6) is 0. The third-order valence-electron chi connectivity index (χ3n) is 0.0556. The molecule has 0 aromatic carbocycles. The summed E-state index contributed by atoms with van der Waals surface area (Å²) < 4.78 is 0. The van der Waals surface area contributed by atoms with Crippen LogP contribution in [0.5, 0.6) is 0 Å². The molecular weight excluding hydrogens is 127 g/mol. The molecule has 0 bridgehead atoms. The molecule has 0 N–H and O–H groups in total. The number of hydrogen-bond donors (Lipinski definition) is 0. The van der Waals surface area contributed by atoms with E-state index in [4.69, 9.17) is 9.59 Å². The van der Waals surface area contributed by atoms with Crippen molar-refractivity contribution in [1.29, 1.82) is 0 Å². The fourth-order valence-corrected chi connectivity index (χ4v) is 0. The maximum atomic E-state index is 8.81. The molecule has 4 heteroatoms. The smallest absolute Gasteiger partial charge is 0.182 e. The third-order valence-corrected chi connectivity index (χ3v) is 0.0556. The Morgan fingerprint density at radius 1 is 0.833 bits per heavy atom. The van der Waals surface area contributed by atoms with Crippen molar-refractivity contribution < 1.29 is 9.59 Å². The van der Waals surface area contributed by atoms with Gasteiger partial charge in [-0.1, -0.05) is 0 Å². The lowest BCUT2D eigenvalue weighted by atomic mass is 10.9. The van der Waals surface area contributed by atoms with Gasteiger partial charge in [0, 0.05) is 0 Å². The van der Waals surface area contributed by atoms with E-state index in [0.717, 1.165) is 0 Å². The van der Waals surface area contributed by atoms with Crippen molar-refractivity contribution in [2.45, 2.75) is 0 Å². The van der Waals surface area contributed by atoms with E-state index in [1.54, 1.807) is 0 Å². The number of hydrogen-bond acceptors (Lipinski definition) is 2. The predicted molar refractivity (Wildman–Crippen MR) is 26.6 cm³/mol. The van der Waals surface area contributed by atoms with Crippen LogP contribution in [0.3, 0.4) is 0 Å². The van der Waals surface area contributed by atoms with Crippen LogP contribution in [0.2, 0.25) is 0 Å². The van der Waals surface area contributed by atoms with Crippen molar-refractivity contribution in [1.82, 2.24) is 0 Å². The molecule has 0 saturated heterocycles. The van der Waals surface area contributed by atoms with Crippen LogP contribution in [0.1, 0.15) is 0 Å². The van der Waals surface area contributed by atoms with E-state index in [0.29, 0.717) is 0 Å². The van der Waals surface area contributed by atoms with Crippen LogP contribution in [-0.2, 0) is 9.59 Å². The first-order valence-electron chi connectivity index (χ1n) is 0.805. The first-order chi connectivity index (χ1) is 1.91. The van der Waals surface area contributed by atoms with Gasteiger partial charge >= 0.3 is 0 Å². The summed E-state index contributed by atoms with van der Waals surface area (Å²) in [4.78, 5) is 17.6. The Bertz CT molecular complexity index is 30.5. The average molecular weight is 131 g/mol. The highest BCUT2D eigenvalue weighted by Gasteiger charge is 1.47. The Labute approximate surface area is 47.7 Å². The van der Waals surface area contributed by atoms with Crippen molar-refractivity contribution in [3.63, 3.8) is 0 Å². The molecule has 0 rings (SSSR count).